The van der Waals surface area contributed by atoms with Gasteiger partial charge in [0.1, 0.15) is 6.29 Å². The van der Waals surface area contributed by atoms with E-state index in [2.05, 4.69) is 15.9 Å². The Morgan fingerprint density at radius 3 is 2.82 bits per heavy atom. The standard InChI is InChI=1S/C7H5BrO2S/c8-7-2-1-6(11-7)5(10)3-4-9/h1-2,4H,3H2. The van der Waals surface area contributed by atoms with Crippen LogP contribution in [0.5, 0.6) is 0 Å². The lowest BCUT2D eigenvalue weighted by molar-refractivity contribution is -0.107. The summed E-state index contributed by atoms with van der Waals surface area (Å²) in [5, 5.41) is 0. The molecule has 0 bridgehead atoms. The van der Waals surface area contributed by atoms with E-state index in [0.29, 0.717) is 11.2 Å². The Bertz CT molecular complexity index is 280. The van der Waals surface area contributed by atoms with E-state index in [-0.39, 0.29) is 12.2 Å². The van der Waals surface area contributed by atoms with Crippen LogP contribution in [0.3, 0.4) is 0 Å². The summed E-state index contributed by atoms with van der Waals surface area (Å²) in [6, 6.07) is 3.50. The zero-order chi connectivity index (χ0) is 8.27. The van der Waals surface area contributed by atoms with Crippen LogP contribution in [0, 0.1) is 0 Å². The van der Waals surface area contributed by atoms with Crippen LogP contribution in [0.25, 0.3) is 0 Å². The number of aldehydes is 1. The maximum absolute atomic E-state index is 11.0. The Morgan fingerprint density at radius 1 is 1.64 bits per heavy atom. The number of Topliss-reactive ketones (excluding diaryl/α,β-unsaturated/α-hetero) is 1. The monoisotopic (exact) mass is 232 g/mol. The lowest BCUT2D eigenvalue weighted by Gasteiger charge is -1.86. The maximum Gasteiger partial charge on any atom is 0.179 e. The molecule has 0 aliphatic rings. The molecule has 11 heavy (non-hydrogen) atoms. The van der Waals surface area contributed by atoms with Gasteiger partial charge >= 0.3 is 0 Å². The second-order valence-electron chi connectivity index (χ2n) is 1.90. The number of hydrogen-bond donors (Lipinski definition) is 0. The van der Waals surface area contributed by atoms with Gasteiger partial charge in [-0.3, -0.25) is 4.79 Å². The van der Waals surface area contributed by atoms with Gasteiger partial charge in [-0.1, -0.05) is 0 Å². The highest BCUT2D eigenvalue weighted by molar-refractivity contribution is 9.11. The summed E-state index contributed by atoms with van der Waals surface area (Å²) >= 11 is 4.57. The van der Waals surface area contributed by atoms with Crippen LogP contribution >= 0.6 is 27.3 Å². The number of thiophene rings is 1. The summed E-state index contributed by atoms with van der Waals surface area (Å²) in [4.78, 5) is 21.6. The van der Waals surface area contributed by atoms with Crippen molar-refractivity contribution in [2.75, 3.05) is 0 Å². The minimum absolute atomic E-state index is 0.0209. The van der Waals surface area contributed by atoms with Crippen molar-refractivity contribution in [2.45, 2.75) is 6.42 Å². The second-order valence-corrected chi connectivity index (χ2v) is 4.36. The number of ketones is 1. The predicted octanol–water partition coefficient (Wildman–Crippen LogP) is 2.28. The molecule has 1 aromatic heterocycles. The van der Waals surface area contributed by atoms with Gasteiger partial charge in [0.05, 0.1) is 15.1 Å². The Labute approximate surface area is 76.4 Å². The highest BCUT2D eigenvalue weighted by Gasteiger charge is 2.06. The highest BCUT2D eigenvalue weighted by atomic mass is 79.9. The van der Waals surface area contributed by atoms with Crippen molar-refractivity contribution in [3.63, 3.8) is 0 Å². The molecule has 0 saturated heterocycles. The molecule has 0 saturated carbocycles. The molecule has 0 aliphatic heterocycles. The first-order valence-corrected chi connectivity index (χ1v) is 4.57. The van der Waals surface area contributed by atoms with Gasteiger partial charge in [-0.25, -0.2) is 0 Å². The van der Waals surface area contributed by atoms with E-state index >= 15 is 0 Å². The fourth-order valence-corrected chi connectivity index (χ4v) is 1.98. The molecular weight excluding hydrogens is 228 g/mol. The minimum Gasteiger partial charge on any atom is -0.303 e. The van der Waals surface area contributed by atoms with Crippen LogP contribution < -0.4 is 0 Å². The Morgan fingerprint density at radius 2 is 2.36 bits per heavy atom. The largest absolute Gasteiger partial charge is 0.303 e. The van der Waals surface area contributed by atoms with Gasteiger partial charge in [0.25, 0.3) is 0 Å². The first kappa shape index (κ1) is 8.62. The molecule has 2 nitrogen and oxygen atoms in total. The molecular formula is C7H5BrO2S. The van der Waals surface area contributed by atoms with E-state index < -0.39 is 0 Å². The number of carbonyl (C=O) groups is 2. The van der Waals surface area contributed by atoms with Crippen LogP contribution in [-0.2, 0) is 4.79 Å². The van der Waals surface area contributed by atoms with Crippen LogP contribution in [0.15, 0.2) is 15.9 Å². The maximum atomic E-state index is 11.0. The summed E-state index contributed by atoms with van der Waals surface area (Å²) < 4.78 is 0.909. The molecule has 58 valence electrons. The summed E-state index contributed by atoms with van der Waals surface area (Å²) in [5.74, 6) is -0.115. The van der Waals surface area contributed by atoms with E-state index in [4.69, 9.17) is 0 Å². The van der Waals surface area contributed by atoms with Gasteiger partial charge in [0.15, 0.2) is 5.78 Å². The third-order valence-corrected chi connectivity index (χ3v) is 2.78. The van der Waals surface area contributed by atoms with Crippen LogP contribution in [0.4, 0.5) is 0 Å². The number of carbonyl (C=O) groups excluding carboxylic acids is 2. The smallest absolute Gasteiger partial charge is 0.179 e. The first-order valence-electron chi connectivity index (χ1n) is 2.96. The van der Waals surface area contributed by atoms with Crippen molar-refractivity contribution < 1.29 is 9.59 Å². The van der Waals surface area contributed by atoms with E-state index in [9.17, 15) is 9.59 Å². The predicted molar refractivity (Wildman–Crippen MR) is 47.0 cm³/mol. The fraction of sp³-hybridized carbons (Fsp3) is 0.143. The van der Waals surface area contributed by atoms with Gasteiger partial charge in [-0.2, -0.15) is 0 Å². The van der Waals surface area contributed by atoms with E-state index in [1.54, 1.807) is 12.1 Å². The zero-order valence-corrected chi connectivity index (χ0v) is 7.94. The van der Waals surface area contributed by atoms with Crippen molar-refractivity contribution >= 4 is 39.3 Å². The average Bonchev–Trinajstić information content (AvgIpc) is 2.36. The molecule has 0 fully saturated rings. The van der Waals surface area contributed by atoms with E-state index in [1.165, 1.54) is 11.3 Å². The molecule has 0 aliphatic carbocycles. The quantitative estimate of drug-likeness (QED) is 0.456. The van der Waals surface area contributed by atoms with Crippen molar-refractivity contribution in [1.29, 1.82) is 0 Å². The number of rotatable bonds is 3. The van der Waals surface area contributed by atoms with E-state index in [0.717, 1.165) is 3.79 Å². The molecule has 1 aromatic rings. The van der Waals surface area contributed by atoms with Crippen molar-refractivity contribution in [3.8, 4) is 0 Å². The summed E-state index contributed by atoms with van der Waals surface area (Å²) in [6.45, 7) is 0. The highest BCUT2D eigenvalue weighted by Crippen LogP contribution is 2.22. The summed E-state index contributed by atoms with van der Waals surface area (Å²) in [5.41, 5.74) is 0. The minimum atomic E-state index is -0.115. The van der Waals surface area contributed by atoms with Gasteiger partial charge in [0.2, 0.25) is 0 Å². The number of halogens is 1. The van der Waals surface area contributed by atoms with Crippen molar-refractivity contribution in [2.24, 2.45) is 0 Å². The molecule has 1 heterocycles. The summed E-state index contributed by atoms with van der Waals surface area (Å²) in [6.07, 6.45) is 0.600. The topological polar surface area (TPSA) is 34.1 Å². The lowest BCUT2D eigenvalue weighted by atomic mass is 10.2. The first-order chi connectivity index (χ1) is 5.24. The van der Waals surface area contributed by atoms with Crippen molar-refractivity contribution in [3.05, 3.63) is 20.8 Å². The van der Waals surface area contributed by atoms with Crippen LogP contribution in [0.2, 0.25) is 0 Å². The zero-order valence-electron chi connectivity index (χ0n) is 5.54. The molecule has 0 spiro atoms. The Kier molecular flexibility index (Phi) is 2.96. The third-order valence-electron chi connectivity index (χ3n) is 1.12. The van der Waals surface area contributed by atoms with Gasteiger partial charge in [-0.05, 0) is 28.1 Å². The second kappa shape index (κ2) is 3.78. The molecule has 0 N–H and O–H groups in total. The van der Waals surface area contributed by atoms with Gasteiger partial charge < -0.3 is 4.79 Å². The third kappa shape index (κ3) is 2.24. The fourth-order valence-electron chi connectivity index (χ4n) is 0.640. The molecule has 0 atom stereocenters. The molecule has 0 aromatic carbocycles. The van der Waals surface area contributed by atoms with Crippen molar-refractivity contribution in [1.82, 2.24) is 0 Å². The summed E-state index contributed by atoms with van der Waals surface area (Å²) in [7, 11) is 0. The molecule has 1 rings (SSSR count). The van der Waals surface area contributed by atoms with Crippen LogP contribution in [-0.4, -0.2) is 12.1 Å². The molecule has 4 heteroatoms. The Balaban J connectivity index is 2.76. The lowest BCUT2D eigenvalue weighted by Crippen LogP contribution is -1.95. The SMILES string of the molecule is O=CCC(=O)c1ccc(Br)s1. The molecule has 0 radical (unpaired) electrons. The average molecular weight is 233 g/mol. The number of hydrogen-bond acceptors (Lipinski definition) is 3. The van der Waals surface area contributed by atoms with Gasteiger partial charge in [-0.15, -0.1) is 11.3 Å². The molecule has 0 amide bonds. The normalized spacial score (nSPS) is 9.55. The Hall–Kier alpha value is -0.480. The van der Waals surface area contributed by atoms with E-state index in [1.807, 2.05) is 0 Å². The van der Waals surface area contributed by atoms with Crippen LogP contribution in [0.1, 0.15) is 16.1 Å². The molecule has 0 unspecified atom stereocenters. The van der Waals surface area contributed by atoms with Gasteiger partial charge in [0, 0.05) is 0 Å².